The Morgan fingerprint density at radius 1 is 0.524 bits per heavy atom. The van der Waals surface area contributed by atoms with Gasteiger partial charge in [0, 0.05) is 16.8 Å². The lowest BCUT2D eigenvalue weighted by molar-refractivity contribution is 1.57. The lowest BCUT2D eigenvalue weighted by Crippen LogP contribution is -2.03. The van der Waals surface area contributed by atoms with Gasteiger partial charge in [0.2, 0.25) is 0 Å². The highest BCUT2D eigenvalue weighted by Gasteiger charge is 2.16. The van der Waals surface area contributed by atoms with E-state index in [9.17, 15) is 0 Å². The molecular formula is C18H17N3. The molecule has 0 amide bonds. The van der Waals surface area contributed by atoms with Crippen LogP contribution in [0.4, 0.5) is 17.1 Å². The van der Waals surface area contributed by atoms with Crippen molar-refractivity contribution in [3.63, 3.8) is 0 Å². The quantitative estimate of drug-likeness (QED) is 0.623. The van der Waals surface area contributed by atoms with Crippen LogP contribution < -0.4 is 17.2 Å². The molecule has 0 bridgehead atoms. The minimum absolute atomic E-state index is 0.506. The maximum absolute atomic E-state index is 6.24. The molecule has 0 aromatic heterocycles. The largest absolute Gasteiger partial charge is 0.398 e. The average molecular weight is 275 g/mol. The van der Waals surface area contributed by atoms with Gasteiger partial charge >= 0.3 is 0 Å². The highest BCUT2D eigenvalue weighted by atomic mass is 14.7. The molecule has 0 saturated heterocycles. The van der Waals surface area contributed by atoms with Crippen LogP contribution in [0.1, 0.15) is 0 Å². The van der Waals surface area contributed by atoms with Gasteiger partial charge in [0.25, 0.3) is 0 Å². The van der Waals surface area contributed by atoms with Crippen LogP contribution in [0.25, 0.3) is 22.3 Å². The molecule has 0 aliphatic rings. The molecule has 0 aliphatic carbocycles. The van der Waals surface area contributed by atoms with Gasteiger partial charge in [-0.05, 0) is 17.2 Å². The molecule has 21 heavy (non-hydrogen) atoms. The highest BCUT2D eigenvalue weighted by Crippen LogP contribution is 2.43. The van der Waals surface area contributed by atoms with Gasteiger partial charge < -0.3 is 17.2 Å². The molecule has 0 radical (unpaired) electrons. The van der Waals surface area contributed by atoms with Gasteiger partial charge in [-0.15, -0.1) is 0 Å². The van der Waals surface area contributed by atoms with E-state index >= 15 is 0 Å². The summed E-state index contributed by atoms with van der Waals surface area (Å²) in [4.78, 5) is 0. The Kier molecular flexibility index (Phi) is 3.24. The van der Waals surface area contributed by atoms with Crippen LogP contribution >= 0.6 is 0 Å². The summed E-state index contributed by atoms with van der Waals surface area (Å²) in [6.45, 7) is 0. The zero-order valence-corrected chi connectivity index (χ0v) is 11.6. The number of nitrogens with two attached hydrogens (primary N) is 3. The number of rotatable bonds is 2. The van der Waals surface area contributed by atoms with Crippen LogP contribution in [0.15, 0.2) is 66.7 Å². The molecule has 0 atom stereocenters. The Hall–Kier alpha value is -2.94. The predicted molar refractivity (Wildman–Crippen MR) is 90.6 cm³/mol. The molecule has 0 heterocycles. The Morgan fingerprint density at radius 2 is 1.00 bits per heavy atom. The fourth-order valence-corrected chi connectivity index (χ4v) is 2.56. The smallest absolute Gasteiger partial charge is 0.0635 e. The Balaban J connectivity index is 2.37. The van der Waals surface area contributed by atoms with E-state index in [0.717, 1.165) is 22.3 Å². The first-order chi connectivity index (χ1) is 10.2. The van der Waals surface area contributed by atoms with Crippen molar-refractivity contribution in [2.75, 3.05) is 17.2 Å². The predicted octanol–water partition coefficient (Wildman–Crippen LogP) is 3.77. The van der Waals surface area contributed by atoms with Crippen LogP contribution in [-0.4, -0.2) is 0 Å². The zero-order valence-electron chi connectivity index (χ0n) is 11.6. The fourth-order valence-electron chi connectivity index (χ4n) is 2.56. The van der Waals surface area contributed by atoms with Gasteiger partial charge in [-0.25, -0.2) is 0 Å². The van der Waals surface area contributed by atoms with Crippen LogP contribution in [0.3, 0.4) is 0 Å². The lowest BCUT2D eigenvalue weighted by atomic mass is 9.91. The van der Waals surface area contributed by atoms with E-state index < -0.39 is 0 Å². The van der Waals surface area contributed by atoms with Crippen LogP contribution in [0.5, 0.6) is 0 Å². The summed E-state index contributed by atoms with van der Waals surface area (Å²) in [5.74, 6) is 0. The van der Waals surface area contributed by atoms with Gasteiger partial charge in [0.1, 0.15) is 0 Å². The maximum atomic E-state index is 6.24. The summed E-state index contributed by atoms with van der Waals surface area (Å²) in [5.41, 5.74) is 24.0. The summed E-state index contributed by atoms with van der Waals surface area (Å²) in [5, 5.41) is 0. The third-order valence-corrected chi connectivity index (χ3v) is 3.55. The van der Waals surface area contributed by atoms with E-state index in [-0.39, 0.29) is 0 Å². The molecule has 3 aromatic rings. The first-order valence-electron chi connectivity index (χ1n) is 6.76. The number of anilines is 3. The minimum atomic E-state index is 0.506. The molecule has 3 aromatic carbocycles. The Bertz CT molecular complexity index is 765. The van der Waals surface area contributed by atoms with Gasteiger partial charge in [0.15, 0.2) is 0 Å². The Labute approximate surface area is 124 Å². The van der Waals surface area contributed by atoms with Gasteiger partial charge in [-0.3, -0.25) is 0 Å². The Morgan fingerprint density at radius 3 is 1.52 bits per heavy atom. The van der Waals surface area contributed by atoms with Crippen LogP contribution in [0.2, 0.25) is 0 Å². The maximum Gasteiger partial charge on any atom is 0.0635 e. The van der Waals surface area contributed by atoms with E-state index in [2.05, 4.69) is 0 Å². The summed E-state index contributed by atoms with van der Waals surface area (Å²) < 4.78 is 0. The summed E-state index contributed by atoms with van der Waals surface area (Å²) in [6, 6.07) is 21.7. The molecular weight excluding hydrogens is 258 g/mol. The number of hydrogen-bond acceptors (Lipinski definition) is 3. The van der Waals surface area contributed by atoms with Gasteiger partial charge in [0.05, 0.1) is 11.4 Å². The monoisotopic (exact) mass is 275 g/mol. The molecule has 6 N–H and O–H groups in total. The summed E-state index contributed by atoms with van der Waals surface area (Å²) >= 11 is 0. The van der Waals surface area contributed by atoms with Crippen molar-refractivity contribution in [2.45, 2.75) is 0 Å². The van der Waals surface area contributed by atoms with E-state index in [1.807, 2.05) is 60.7 Å². The van der Waals surface area contributed by atoms with Crippen molar-refractivity contribution < 1.29 is 0 Å². The molecule has 104 valence electrons. The minimum Gasteiger partial charge on any atom is -0.398 e. The molecule has 3 rings (SSSR count). The van der Waals surface area contributed by atoms with Gasteiger partial charge in [-0.1, -0.05) is 60.7 Å². The third kappa shape index (κ3) is 2.30. The zero-order chi connectivity index (χ0) is 14.8. The molecule has 0 aliphatic heterocycles. The van der Waals surface area contributed by atoms with Gasteiger partial charge in [-0.2, -0.15) is 0 Å². The molecule has 0 unspecified atom stereocenters. The second kappa shape index (κ2) is 5.21. The molecule has 3 nitrogen and oxygen atoms in total. The normalized spacial score (nSPS) is 10.5. The highest BCUT2D eigenvalue weighted by molar-refractivity contribution is 6.01. The van der Waals surface area contributed by atoms with Crippen molar-refractivity contribution in [1.29, 1.82) is 0 Å². The second-order valence-electron chi connectivity index (χ2n) is 4.95. The van der Waals surface area contributed by atoms with E-state index in [0.29, 0.717) is 17.1 Å². The van der Waals surface area contributed by atoms with E-state index in [1.54, 1.807) is 6.07 Å². The molecule has 0 fully saturated rings. The topological polar surface area (TPSA) is 78.1 Å². The number of benzene rings is 3. The lowest BCUT2D eigenvalue weighted by Gasteiger charge is -2.17. The number of nitrogen functional groups attached to an aromatic ring is 3. The average Bonchev–Trinajstić information content (AvgIpc) is 2.52. The SMILES string of the molecule is Nc1cc(N)c(-c2ccccc2)c(-c2ccccc2)c1N. The first-order valence-corrected chi connectivity index (χ1v) is 6.76. The van der Waals surface area contributed by atoms with Crippen molar-refractivity contribution in [3.05, 3.63) is 66.7 Å². The molecule has 0 saturated carbocycles. The number of hydrogen-bond donors (Lipinski definition) is 3. The standard InChI is InChI=1S/C18H17N3/c19-14-11-15(20)18(21)17(13-9-5-2-6-10-13)16(14)12-7-3-1-4-8-12/h1-11H,19-21H2. The summed E-state index contributed by atoms with van der Waals surface area (Å²) in [7, 11) is 0. The third-order valence-electron chi connectivity index (χ3n) is 3.55. The fraction of sp³-hybridized carbons (Fsp3) is 0. The van der Waals surface area contributed by atoms with E-state index in [4.69, 9.17) is 17.2 Å². The molecule has 3 heteroatoms. The first kappa shape index (κ1) is 13.1. The van der Waals surface area contributed by atoms with Crippen LogP contribution in [-0.2, 0) is 0 Å². The van der Waals surface area contributed by atoms with Crippen molar-refractivity contribution in [1.82, 2.24) is 0 Å². The van der Waals surface area contributed by atoms with Crippen molar-refractivity contribution in [2.24, 2.45) is 0 Å². The summed E-state index contributed by atoms with van der Waals surface area (Å²) in [6.07, 6.45) is 0. The molecule has 0 spiro atoms. The van der Waals surface area contributed by atoms with Crippen LogP contribution in [0, 0.1) is 0 Å². The van der Waals surface area contributed by atoms with Crippen molar-refractivity contribution >= 4 is 17.1 Å². The van der Waals surface area contributed by atoms with Crippen molar-refractivity contribution in [3.8, 4) is 22.3 Å². The van der Waals surface area contributed by atoms with E-state index in [1.165, 1.54) is 0 Å². The second-order valence-corrected chi connectivity index (χ2v) is 4.95.